The first kappa shape index (κ1) is 26.0. The molecule has 0 saturated heterocycles. The summed E-state index contributed by atoms with van der Waals surface area (Å²) in [6.07, 6.45) is 6.92. The van der Waals surface area contributed by atoms with Gasteiger partial charge in [0.25, 0.3) is 0 Å². The third-order valence-electron chi connectivity index (χ3n) is 11.8. The lowest BCUT2D eigenvalue weighted by atomic mass is 9.85. The fraction of sp³-hybridized carbons (Fsp3) is 0.111. The van der Waals surface area contributed by atoms with Crippen molar-refractivity contribution in [3.63, 3.8) is 0 Å². The van der Waals surface area contributed by atoms with Crippen LogP contribution in [0.5, 0.6) is 0 Å². The molecule has 0 N–H and O–H groups in total. The number of benzene rings is 4. The first-order valence-corrected chi connectivity index (χ1v) is 17.5. The summed E-state index contributed by atoms with van der Waals surface area (Å²) in [7, 11) is 0. The summed E-state index contributed by atoms with van der Waals surface area (Å²) in [6, 6.07) is 54.2. The fourth-order valence-corrected chi connectivity index (χ4v) is 10.2. The largest absolute Gasteiger partial charge is 0.548 e. The first-order valence-electron chi connectivity index (χ1n) is 17.5. The van der Waals surface area contributed by atoms with E-state index in [0.29, 0.717) is 0 Å². The number of aromatic nitrogens is 2. The molecule has 6 aliphatic heterocycles. The minimum absolute atomic E-state index is 0.134. The van der Waals surface area contributed by atoms with Crippen LogP contribution in [0.1, 0.15) is 52.4 Å². The van der Waals surface area contributed by atoms with Crippen molar-refractivity contribution in [3.8, 4) is 0 Å². The predicted molar refractivity (Wildman–Crippen MR) is 193 cm³/mol. The van der Waals surface area contributed by atoms with E-state index in [1.54, 1.807) is 0 Å². The van der Waals surface area contributed by atoms with E-state index in [2.05, 4.69) is 176 Å². The van der Waals surface area contributed by atoms with Crippen molar-refractivity contribution in [3.05, 3.63) is 208 Å². The fourth-order valence-electron chi connectivity index (χ4n) is 10.2. The highest BCUT2D eigenvalue weighted by Crippen LogP contribution is 2.54. The molecule has 0 amide bonds. The van der Waals surface area contributed by atoms with Crippen molar-refractivity contribution in [1.82, 2.24) is 9.13 Å². The zero-order valence-corrected chi connectivity index (χ0v) is 26.9. The third kappa shape index (κ3) is 2.99. The van der Waals surface area contributed by atoms with Gasteiger partial charge < -0.3 is 0 Å². The number of allylic oxidation sites excluding steroid dienone is 2. The van der Waals surface area contributed by atoms with Gasteiger partial charge in [-0.3, -0.25) is 0 Å². The molecule has 0 aliphatic carbocycles. The highest BCUT2D eigenvalue weighted by atomic mass is 15.6. The Bertz CT molecular complexity index is 2690. The molecule has 0 saturated carbocycles. The van der Waals surface area contributed by atoms with Crippen LogP contribution >= 0.6 is 0 Å². The number of rotatable bonds is 4. The predicted octanol–water partition coefficient (Wildman–Crippen LogP) is 6.39. The van der Waals surface area contributed by atoms with Crippen molar-refractivity contribution < 1.29 is 9.15 Å². The number of hydrogen-bond acceptors (Lipinski definition) is 0. The summed E-state index contributed by atoms with van der Waals surface area (Å²) in [6.45, 7) is 0. The Hall–Kier alpha value is -6.00. The molecule has 4 nitrogen and oxygen atoms in total. The summed E-state index contributed by atoms with van der Waals surface area (Å²) in [5.41, 5.74) is 16.0. The maximum absolute atomic E-state index is 2.80. The summed E-state index contributed by atoms with van der Waals surface area (Å²) < 4.78 is 11.0. The molecule has 8 heterocycles. The zero-order valence-electron chi connectivity index (χ0n) is 26.9. The molecule has 1 spiro atoms. The van der Waals surface area contributed by atoms with Crippen LogP contribution in [-0.4, -0.2) is 35.8 Å². The van der Waals surface area contributed by atoms with Crippen molar-refractivity contribution in [1.29, 1.82) is 0 Å². The molecule has 4 aromatic carbocycles. The maximum atomic E-state index is 2.80. The van der Waals surface area contributed by atoms with Gasteiger partial charge in [0.15, 0.2) is 6.04 Å². The van der Waals surface area contributed by atoms with E-state index in [4.69, 9.17) is 0 Å². The van der Waals surface area contributed by atoms with Gasteiger partial charge in [0, 0.05) is 24.6 Å². The molecule has 0 bridgehead atoms. The molecule has 4 heteroatoms. The van der Waals surface area contributed by atoms with E-state index in [-0.39, 0.29) is 12.0 Å². The molecule has 0 radical (unpaired) electrons. The van der Waals surface area contributed by atoms with E-state index >= 15 is 0 Å². The summed E-state index contributed by atoms with van der Waals surface area (Å²) in [5.74, 6) is -0.469. The smallest absolute Gasteiger partial charge is 0.202 e. The Morgan fingerprint density at radius 3 is 1.82 bits per heavy atom. The van der Waals surface area contributed by atoms with E-state index in [1.165, 1.54) is 78.2 Å². The van der Waals surface area contributed by atoms with Gasteiger partial charge in [-0.2, -0.15) is 4.57 Å². The molecule has 12 rings (SSSR count). The van der Waals surface area contributed by atoms with Crippen LogP contribution in [0.15, 0.2) is 163 Å². The Labute approximate surface area is 284 Å². The molecule has 3 unspecified atom stereocenters. The Morgan fingerprint density at radius 1 is 0.551 bits per heavy atom. The van der Waals surface area contributed by atoms with Crippen LogP contribution in [0.4, 0.5) is 0 Å². The molecule has 2 aromatic heterocycles. The molecule has 49 heavy (non-hydrogen) atoms. The SMILES string of the molecule is C1=CC2C(c3ccccc3)c3ccc4n3C35n6c(ccc6=C(c6ccccc6)C1=[N+]23)=C(c1ccccc1)C1=[N+]5C(=C4c2ccccc2)CC1. The number of nitrogens with zero attached hydrogens (tertiary/aromatic N) is 4. The maximum Gasteiger partial charge on any atom is 0.548 e. The lowest BCUT2D eigenvalue weighted by Gasteiger charge is -2.44. The van der Waals surface area contributed by atoms with Gasteiger partial charge in [0.05, 0.1) is 39.0 Å². The van der Waals surface area contributed by atoms with Crippen molar-refractivity contribution >= 4 is 28.1 Å². The molecule has 3 atom stereocenters. The van der Waals surface area contributed by atoms with E-state index in [1.807, 2.05) is 0 Å². The second-order valence-corrected chi connectivity index (χ2v) is 14.0. The Morgan fingerprint density at radius 2 is 1.14 bits per heavy atom. The van der Waals surface area contributed by atoms with Crippen LogP contribution in [0, 0.1) is 0 Å². The van der Waals surface area contributed by atoms with Gasteiger partial charge >= 0.3 is 5.91 Å². The summed E-state index contributed by atoms with van der Waals surface area (Å²) >= 11 is 0. The topological polar surface area (TPSA) is 15.9 Å². The van der Waals surface area contributed by atoms with E-state index < -0.39 is 5.91 Å². The summed E-state index contributed by atoms with van der Waals surface area (Å²) in [4.78, 5) is 0. The molecule has 6 aliphatic rings. The van der Waals surface area contributed by atoms with Gasteiger partial charge in [-0.1, -0.05) is 126 Å². The molecular weight excluding hydrogens is 597 g/mol. The van der Waals surface area contributed by atoms with Crippen molar-refractivity contribution in [2.24, 2.45) is 0 Å². The van der Waals surface area contributed by atoms with Crippen LogP contribution in [0.2, 0.25) is 0 Å². The second-order valence-electron chi connectivity index (χ2n) is 14.0. The van der Waals surface area contributed by atoms with Gasteiger partial charge in [-0.05, 0) is 52.6 Å². The average molecular weight is 629 g/mol. The monoisotopic (exact) mass is 628 g/mol. The van der Waals surface area contributed by atoms with Gasteiger partial charge in [0.2, 0.25) is 17.1 Å². The van der Waals surface area contributed by atoms with Crippen LogP contribution in [0.25, 0.3) is 16.7 Å². The van der Waals surface area contributed by atoms with Gasteiger partial charge in [0.1, 0.15) is 0 Å². The van der Waals surface area contributed by atoms with Crippen molar-refractivity contribution in [2.45, 2.75) is 30.7 Å². The van der Waals surface area contributed by atoms with Crippen LogP contribution in [0.3, 0.4) is 0 Å². The van der Waals surface area contributed by atoms with Gasteiger partial charge in [-0.15, -0.1) is 4.58 Å². The lowest BCUT2D eigenvalue weighted by Crippen LogP contribution is -2.73. The minimum Gasteiger partial charge on any atom is -0.202 e. The van der Waals surface area contributed by atoms with E-state index in [9.17, 15) is 0 Å². The lowest BCUT2D eigenvalue weighted by molar-refractivity contribution is -0.868. The molecule has 6 aromatic rings. The first-order chi connectivity index (χ1) is 24.4. The molecular formula is C45H32N4+2. The highest BCUT2D eigenvalue weighted by molar-refractivity contribution is 6.27. The Kier molecular flexibility index (Phi) is 4.84. The normalized spacial score (nSPS) is 23.4. The second kappa shape index (κ2) is 9.12. The summed E-state index contributed by atoms with van der Waals surface area (Å²) in [5, 5.41) is 2.56. The Balaban J connectivity index is 1.33. The van der Waals surface area contributed by atoms with Crippen LogP contribution in [-0.2, 0) is 5.91 Å². The van der Waals surface area contributed by atoms with Gasteiger partial charge in [-0.25, -0.2) is 4.57 Å². The molecule has 0 fully saturated rings. The van der Waals surface area contributed by atoms with E-state index in [0.717, 1.165) is 12.8 Å². The van der Waals surface area contributed by atoms with Crippen molar-refractivity contribution in [2.75, 3.05) is 0 Å². The zero-order chi connectivity index (χ0) is 31.8. The third-order valence-corrected chi connectivity index (χ3v) is 11.8. The van der Waals surface area contributed by atoms with Crippen LogP contribution < -0.4 is 10.7 Å². The quantitative estimate of drug-likeness (QED) is 0.201. The minimum atomic E-state index is -0.632. The highest BCUT2D eigenvalue weighted by Gasteiger charge is 2.74. The number of hydrogen-bond donors (Lipinski definition) is 0. The molecule has 230 valence electrons. The standard InChI is InChI=1S/C45H32N4/c1-5-13-29(14-6-1)41-33-21-23-35-42(30-15-7-2-8-16-30)37-25-27-39-44(32-19-11-4-12-20-32)40-28-26-38-43(31-17-9-3-10-18-31)36-24-22-34(41)47(36)45(46(33)35,48(37)39)49(38)40/h1-25,27,33,41H,26,28H2/q+2. The average Bonchev–Trinajstić information content (AvgIpc) is 3.99.